The second-order valence-electron chi connectivity index (χ2n) is 7.85. The summed E-state index contributed by atoms with van der Waals surface area (Å²) < 4.78 is 47.0. The maximum absolute atomic E-state index is 13.9. The van der Waals surface area contributed by atoms with Crippen molar-refractivity contribution in [3.63, 3.8) is 0 Å². The van der Waals surface area contributed by atoms with Gasteiger partial charge in [-0.1, -0.05) is 35.9 Å². The third-order valence-electron chi connectivity index (χ3n) is 5.30. The van der Waals surface area contributed by atoms with E-state index in [1.807, 2.05) is 4.90 Å². The summed E-state index contributed by atoms with van der Waals surface area (Å²) in [4.78, 5) is 18.2. The molecule has 180 valence electrons. The molecule has 1 saturated heterocycles. The van der Waals surface area contributed by atoms with Crippen LogP contribution in [0.25, 0.3) is 11.1 Å². The van der Waals surface area contributed by atoms with Crippen molar-refractivity contribution in [3.8, 4) is 11.1 Å². The second kappa shape index (κ2) is 10.00. The SMILES string of the molecule is Nc1nc(Nc2cc(Cl)c(-c3ccc(CC(=O)CN4CCOCC4)cc3)c(C(F)(F)F)c2)n[nH]1. The molecule has 0 spiro atoms. The number of halogens is 4. The third kappa shape index (κ3) is 5.85. The van der Waals surface area contributed by atoms with E-state index in [-0.39, 0.29) is 45.9 Å². The number of hydrogen-bond acceptors (Lipinski definition) is 7. The van der Waals surface area contributed by atoms with Crippen LogP contribution in [0.4, 0.5) is 30.8 Å². The summed E-state index contributed by atoms with van der Waals surface area (Å²) in [5.41, 5.74) is 5.44. The fourth-order valence-electron chi connectivity index (χ4n) is 3.74. The van der Waals surface area contributed by atoms with Crippen molar-refractivity contribution >= 4 is 35.0 Å². The van der Waals surface area contributed by atoms with Crippen LogP contribution in [-0.4, -0.2) is 58.7 Å². The zero-order valence-electron chi connectivity index (χ0n) is 18.0. The Labute approximate surface area is 198 Å². The molecule has 8 nitrogen and oxygen atoms in total. The number of nitrogens with zero attached hydrogens (tertiary/aromatic N) is 3. The Morgan fingerprint density at radius 1 is 1.21 bits per heavy atom. The van der Waals surface area contributed by atoms with E-state index in [0.717, 1.165) is 6.07 Å². The molecule has 1 aliphatic rings. The van der Waals surface area contributed by atoms with E-state index < -0.39 is 11.7 Å². The molecule has 0 radical (unpaired) electrons. The number of morpholine rings is 1. The summed E-state index contributed by atoms with van der Waals surface area (Å²) in [5.74, 6) is 0.0667. The average Bonchev–Trinajstić information content (AvgIpc) is 3.18. The Morgan fingerprint density at radius 2 is 1.91 bits per heavy atom. The molecule has 0 bridgehead atoms. The Morgan fingerprint density at radius 3 is 2.53 bits per heavy atom. The van der Waals surface area contributed by atoms with Crippen LogP contribution in [0.1, 0.15) is 11.1 Å². The van der Waals surface area contributed by atoms with Crippen LogP contribution in [0, 0.1) is 0 Å². The van der Waals surface area contributed by atoms with Crippen molar-refractivity contribution in [3.05, 3.63) is 52.5 Å². The predicted octanol–water partition coefficient (Wildman–Crippen LogP) is 3.91. The lowest BCUT2D eigenvalue weighted by Crippen LogP contribution is -2.39. The molecule has 34 heavy (non-hydrogen) atoms. The first-order chi connectivity index (χ1) is 16.2. The lowest BCUT2D eigenvalue weighted by Gasteiger charge is -2.25. The van der Waals surface area contributed by atoms with Crippen LogP contribution in [0.15, 0.2) is 36.4 Å². The van der Waals surface area contributed by atoms with E-state index in [9.17, 15) is 18.0 Å². The number of alkyl halides is 3. The van der Waals surface area contributed by atoms with Crippen LogP contribution < -0.4 is 11.1 Å². The molecular weight excluding hydrogens is 473 g/mol. The van der Waals surface area contributed by atoms with Crippen molar-refractivity contribution in [2.24, 2.45) is 0 Å². The minimum atomic E-state index is -4.67. The highest BCUT2D eigenvalue weighted by Crippen LogP contribution is 2.43. The average molecular weight is 495 g/mol. The first kappa shape index (κ1) is 24.0. The molecule has 1 fully saturated rings. The van der Waals surface area contributed by atoms with E-state index in [2.05, 4.69) is 20.5 Å². The van der Waals surface area contributed by atoms with Gasteiger partial charge in [-0.2, -0.15) is 18.2 Å². The highest BCUT2D eigenvalue weighted by Gasteiger charge is 2.35. The van der Waals surface area contributed by atoms with E-state index in [4.69, 9.17) is 22.1 Å². The maximum Gasteiger partial charge on any atom is 0.417 e. The van der Waals surface area contributed by atoms with E-state index >= 15 is 0 Å². The van der Waals surface area contributed by atoms with Gasteiger partial charge in [0.1, 0.15) is 0 Å². The topological polar surface area (TPSA) is 109 Å². The van der Waals surface area contributed by atoms with Crippen molar-refractivity contribution in [2.45, 2.75) is 12.6 Å². The molecule has 4 N–H and O–H groups in total. The minimum absolute atomic E-state index is 0.0144. The predicted molar refractivity (Wildman–Crippen MR) is 122 cm³/mol. The number of nitrogen functional groups attached to an aromatic ring is 1. The van der Waals surface area contributed by atoms with Crippen LogP contribution in [0.5, 0.6) is 0 Å². The monoisotopic (exact) mass is 494 g/mol. The first-order valence-corrected chi connectivity index (χ1v) is 10.8. The largest absolute Gasteiger partial charge is 0.417 e. The number of aromatic amines is 1. The fraction of sp³-hybridized carbons (Fsp3) is 0.318. The zero-order chi connectivity index (χ0) is 24.3. The van der Waals surface area contributed by atoms with Crippen LogP contribution in [0.3, 0.4) is 0 Å². The number of nitrogens with one attached hydrogen (secondary N) is 2. The lowest BCUT2D eigenvalue weighted by molar-refractivity contribution is -0.137. The van der Waals surface area contributed by atoms with Crippen LogP contribution in [0.2, 0.25) is 5.02 Å². The Kier molecular flexibility index (Phi) is 7.05. The number of ether oxygens (including phenoxy) is 1. The van der Waals surface area contributed by atoms with Gasteiger partial charge >= 0.3 is 6.18 Å². The summed E-state index contributed by atoms with van der Waals surface area (Å²) in [6.07, 6.45) is -4.47. The molecule has 2 heterocycles. The van der Waals surface area contributed by atoms with Gasteiger partial charge in [-0.25, -0.2) is 5.10 Å². The van der Waals surface area contributed by atoms with Gasteiger partial charge in [0.15, 0.2) is 5.78 Å². The molecule has 3 aromatic rings. The van der Waals surface area contributed by atoms with Gasteiger partial charge in [0.05, 0.1) is 30.3 Å². The molecule has 0 amide bonds. The van der Waals surface area contributed by atoms with Gasteiger partial charge < -0.3 is 15.8 Å². The number of carbonyl (C=O) groups is 1. The number of rotatable bonds is 7. The number of anilines is 3. The number of hydrogen-bond donors (Lipinski definition) is 3. The number of benzene rings is 2. The van der Waals surface area contributed by atoms with Gasteiger partial charge in [0, 0.05) is 30.8 Å². The normalized spacial score (nSPS) is 14.8. The molecule has 4 rings (SSSR count). The van der Waals surface area contributed by atoms with Crippen molar-refractivity contribution in [1.29, 1.82) is 0 Å². The molecule has 0 aliphatic carbocycles. The third-order valence-corrected chi connectivity index (χ3v) is 5.60. The summed E-state index contributed by atoms with van der Waals surface area (Å²) in [5, 5.41) is 8.70. The highest BCUT2D eigenvalue weighted by molar-refractivity contribution is 6.34. The number of carbonyl (C=O) groups excluding carboxylic acids is 1. The molecule has 1 aromatic heterocycles. The van der Waals surface area contributed by atoms with E-state index in [1.165, 1.54) is 18.2 Å². The van der Waals surface area contributed by atoms with Crippen molar-refractivity contribution < 1.29 is 22.7 Å². The smallest absolute Gasteiger partial charge is 0.379 e. The standard InChI is InChI=1S/C22H22ClF3N6O2/c23-18-11-15(28-21-29-20(27)30-31-21)10-17(22(24,25)26)19(18)14-3-1-13(2-4-14)9-16(33)12-32-5-7-34-8-6-32/h1-4,10-11H,5-9,12H2,(H4,27,28,29,30,31). The van der Waals surface area contributed by atoms with Gasteiger partial charge in [-0.05, 0) is 23.3 Å². The first-order valence-electron chi connectivity index (χ1n) is 10.5. The highest BCUT2D eigenvalue weighted by atomic mass is 35.5. The molecule has 0 unspecified atom stereocenters. The van der Waals surface area contributed by atoms with Crippen molar-refractivity contribution in [1.82, 2.24) is 20.1 Å². The number of ketones is 1. The summed E-state index contributed by atoms with van der Waals surface area (Å²) >= 11 is 6.30. The van der Waals surface area contributed by atoms with Crippen molar-refractivity contribution in [2.75, 3.05) is 43.9 Å². The van der Waals surface area contributed by atoms with Gasteiger partial charge in [-0.3, -0.25) is 9.69 Å². The van der Waals surface area contributed by atoms with Gasteiger partial charge in [0.2, 0.25) is 11.9 Å². The minimum Gasteiger partial charge on any atom is -0.379 e. The summed E-state index contributed by atoms with van der Waals surface area (Å²) in [6, 6.07) is 8.66. The molecule has 12 heteroatoms. The fourth-order valence-corrected chi connectivity index (χ4v) is 4.07. The van der Waals surface area contributed by atoms with Crippen LogP contribution >= 0.6 is 11.6 Å². The Balaban J connectivity index is 1.54. The molecule has 1 aliphatic heterocycles. The lowest BCUT2D eigenvalue weighted by atomic mass is 9.96. The molecule has 2 aromatic carbocycles. The molecular formula is C22H22ClF3N6O2. The van der Waals surface area contributed by atoms with Gasteiger partial charge in [0.25, 0.3) is 0 Å². The Bertz CT molecular complexity index is 1160. The summed E-state index contributed by atoms with van der Waals surface area (Å²) in [6.45, 7) is 2.94. The summed E-state index contributed by atoms with van der Waals surface area (Å²) in [7, 11) is 0. The zero-order valence-corrected chi connectivity index (χ0v) is 18.7. The van der Waals surface area contributed by atoms with Crippen LogP contribution in [-0.2, 0) is 22.1 Å². The molecule has 0 atom stereocenters. The molecule has 0 saturated carbocycles. The number of nitrogens with two attached hydrogens (primary N) is 1. The quantitative estimate of drug-likeness (QED) is 0.457. The second-order valence-corrected chi connectivity index (χ2v) is 8.26. The number of H-pyrrole nitrogens is 1. The number of Topliss-reactive ketones (excluding diaryl/α,β-unsaturated/α-hetero) is 1. The van der Waals surface area contributed by atoms with E-state index in [1.54, 1.807) is 12.1 Å². The van der Waals surface area contributed by atoms with E-state index in [0.29, 0.717) is 38.4 Å². The Hall–Kier alpha value is -3.15. The van der Waals surface area contributed by atoms with Gasteiger partial charge in [-0.15, -0.1) is 5.10 Å². The maximum atomic E-state index is 13.9. The number of aromatic nitrogens is 3.